The van der Waals surface area contributed by atoms with Gasteiger partial charge in [0.2, 0.25) is 0 Å². The number of halogens is 1. The van der Waals surface area contributed by atoms with Crippen LogP contribution < -0.4 is 0 Å². The molecule has 0 aliphatic heterocycles. The van der Waals surface area contributed by atoms with Crippen LogP contribution in [0.2, 0.25) is 5.02 Å². The second kappa shape index (κ2) is 8.08. The van der Waals surface area contributed by atoms with Crippen molar-refractivity contribution in [3.05, 3.63) is 113 Å². The largest absolute Gasteiger partial charge is 0.456 e. The van der Waals surface area contributed by atoms with Crippen LogP contribution in [-0.4, -0.2) is 14.6 Å². The van der Waals surface area contributed by atoms with Gasteiger partial charge in [-0.15, -0.1) is 5.10 Å². The average molecular weight is 448 g/mol. The first-order chi connectivity index (χ1) is 16.2. The van der Waals surface area contributed by atoms with Crippen LogP contribution in [-0.2, 0) is 0 Å². The van der Waals surface area contributed by atoms with Crippen LogP contribution in [0.3, 0.4) is 0 Å². The van der Waals surface area contributed by atoms with E-state index in [9.17, 15) is 0 Å². The normalized spacial score (nSPS) is 11.7. The predicted molar refractivity (Wildman–Crippen MR) is 134 cm³/mol. The third kappa shape index (κ3) is 3.93. The van der Waals surface area contributed by atoms with E-state index in [0.29, 0.717) is 5.02 Å². The molecule has 0 aliphatic rings. The maximum atomic E-state index is 6.08. The van der Waals surface area contributed by atoms with E-state index in [0.717, 1.165) is 50.5 Å². The summed E-state index contributed by atoms with van der Waals surface area (Å²) < 4.78 is 7.74. The van der Waals surface area contributed by atoms with Gasteiger partial charge >= 0.3 is 0 Å². The molecule has 0 unspecified atom stereocenters. The van der Waals surface area contributed by atoms with E-state index in [1.807, 2.05) is 60.8 Å². The number of benzene rings is 3. The lowest BCUT2D eigenvalue weighted by atomic mass is 10.1. The van der Waals surface area contributed by atoms with Gasteiger partial charge in [0.1, 0.15) is 11.3 Å². The number of fused-ring (bicyclic) bond motifs is 2. The van der Waals surface area contributed by atoms with Crippen molar-refractivity contribution in [3.63, 3.8) is 0 Å². The molecule has 3 aromatic heterocycles. The van der Waals surface area contributed by atoms with Gasteiger partial charge in [0.05, 0.1) is 0 Å². The lowest BCUT2D eigenvalue weighted by Gasteiger charge is -1.99. The number of pyridine rings is 1. The average Bonchev–Trinajstić information content (AvgIpc) is 3.47. The molecule has 3 heterocycles. The van der Waals surface area contributed by atoms with Crippen LogP contribution in [0.1, 0.15) is 11.1 Å². The first kappa shape index (κ1) is 19.5. The maximum Gasteiger partial charge on any atom is 0.182 e. The summed E-state index contributed by atoms with van der Waals surface area (Å²) in [6, 6.07) is 30.1. The van der Waals surface area contributed by atoms with Crippen molar-refractivity contribution in [2.75, 3.05) is 0 Å². The number of aromatic nitrogens is 3. The molecular weight excluding hydrogens is 430 g/mol. The van der Waals surface area contributed by atoms with Crippen molar-refractivity contribution >= 4 is 40.4 Å². The Labute approximate surface area is 195 Å². The molecule has 0 atom stereocenters. The molecule has 6 rings (SSSR count). The van der Waals surface area contributed by atoms with Gasteiger partial charge in [-0.1, -0.05) is 78.4 Å². The van der Waals surface area contributed by atoms with Crippen LogP contribution >= 0.6 is 11.6 Å². The molecule has 5 heteroatoms. The third-order valence-corrected chi connectivity index (χ3v) is 5.79. The fourth-order valence-electron chi connectivity index (χ4n) is 3.80. The van der Waals surface area contributed by atoms with Gasteiger partial charge < -0.3 is 4.42 Å². The smallest absolute Gasteiger partial charge is 0.182 e. The Kier molecular flexibility index (Phi) is 4.78. The van der Waals surface area contributed by atoms with E-state index in [2.05, 4.69) is 58.6 Å². The molecule has 0 radical (unpaired) electrons. The summed E-state index contributed by atoms with van der Waals surface area (Å²) in [5, 5.41) is 6.24. The van der Waals surface area contributed by atoms with Gasteiger partial charge in [0.15, 0.2) is 11.5 Å². The second-order valence-corrected chi connectivity index (χ2v) is 8.25. The minimum atomic E-state index is 0.706. The number of furan rings is 1. The number of rotatable bonds is 4. The highest BCUT2D eigenvalue weighted by atomic mass is 35.5. The molecule has 0 saturated carbocycles. The number of hydrogen-bond acceptors (Lipinski definition) is 3. The van der Waals surface area contributed by atoms with Gasteiger partial charge in [-0.05, 0) is 47.5 Å². The molecule has 33 heavy (non-hydrogen) atoms. The number of hydrogen-bond donors (Lipinski definition) is 0. The minimum Gasteiger partial charge on any atom is -0.456 e. The topological polar surface area (TPSA) is 43.3 Å². The molecule has 0 bridgehead atoms. The summed E-state index contributed by atoms with van der Waals surface area (Å²) in [6.45, 7) is 0. The summed E-state index contributed by atoms with van der Waals surface area (Å²) in [7, 11) is 0. The van der Waals surface area contributed by atoms with Crippen LogP contribution in [0.15, 0.2) is 102 Å². The highest BCUT2D eigenvalue weighted by molar-refractivity contribution is 6.31. The Morgan fingerprint density at radius 2 is 1.48 bits per heavy atom. The molecule has 6 aromatic rings. The Bertz CT molecular complexity index is 1580. The highest BCUT2D eigenvalue weighted by Crippen LogP contribution is 2.30. The Morgan fingerprint density at radius 3 is 2.21 bits per heavy atom. The van der Waals surface area contributed by atoms with E-state index < -0.39 is 0 Å². The zero-order valence-electron chi connectivity index (χ0n) is 17.5. The molecule has 0 aliphatic carbocycles. The van der Waals surface area contributed by atoms with E-state index in [1.54, 1.807) is 4.52 Å². The zero-order chi connectivity index (χ0) is 22.2. The molecule has 0 amide bonds. The lowest BCUT2D eigenvalue weighted by molar-refractivity contribution is 0.631. The zero-order valence-corrected chi connectivity index (χ0v) is 18.3. The standard InChI is InChI=1S/C28H18ClN3O/c29-24-14-15-25-23(17-24)18-26(33-25)21-10-6-19(7-11-21)4-5-20-8-12-22(13-9-20)28-30-27-3-1-2-16-32(27)31-28/h1-18H. The van der Waals surface area contributed by atoms with Gasteiger partial charge in [0, 0.05) is 27.7 Å². The maximum absolute atomic E-state index is 6.08. The molecular formula is C28H18ClN3O. The van der Waals surface area contributed by atoms with Crippen molar-refractivity contribution in [3.8, 4) is 22.7 Å². The fraction of sp³-hybridized carbons (Fsp3) is 0. The quantitative estimate of drug-likeness (QED) is 0.261. The van der Waals surface area contributed by atoms with Crippen LogP contribution in [0.25, 0.3) is 51.5 Å². The van der Waals surface area contributed by atoms with Crippen LogP contribution in [0.4, 0.5) is 0 Å². The molecule has 3 aromatic carbocycles. The molecule has 0 N–H and O–H groups in total. The van der Waals surface area contributed by atoms with Crippen molar-refractivity contribution in [1.29, 1.82) is 0 Å². The highest BCUT2D eigenvalue weighted by Gasteiger charge is 2.07. The Hall–Kier alpha value is -4.15. The molecule has 0 fully saturated rings. The van der Waals surface area contributed by atoms with Gasteiger partial charge in [0.25, 0.3) is 0 Å². The van der Waals surface area contributed by atoms with Gasteiger partial charge in [-0.2, -0.15) is 0 Å². The van der Waals surface area contributed by atoms with Gasteiger partial charge in [-0.3, -0.25) is 0 Å². The SMILES string of the molecule is Clc1ccc2oc(-c3ccc(C=Cc4ccc(-c5nc6ccccn6n5)cc4)cc3)cc2c1. The Morgan fingerprint density at radius 1 is 0.758 bits per heavy atom. The van der Waals surface area contributed by atoms with Crippen molar-refractivity contribution < 1.29 is 4.42 Å². The third-order valence-electron chi connectivity index (χ3n) is 5.55. The van der Waals surface area contributed by atoms with Crippen molar-refractivity contribution in [1.82, 2.24) is 14.6 Å². The summed E-state index contributed by atoms with van der Waals surface area (Å²) in [5.74, 6) is 1.55. The first-order valence-corrected chi connectivity index (χ1v) is 11.0. The molecule has 0 saturated heterocycles. The molecule has 4 nitrogen and oxygen atoms in total. The summed E-state index contributed by atoms with van der Waals surface area (Å²) >= 11 is 6.08. The predicted octanol–water partition coefficient (Wildman–Crippen LogP) is 7.63. The fourth-order valence-corrected chi connectivity index (χ4v) is 3.99. The van der Waals surface area contributed by atoms with E-state index in [1.165, 1.54) is 0 Å². The van der Waals surface area contributed by atoms with Crippen LogP contribution in [0, 0.1) is 0 Å². The van der Waals surface area contributed by atoms with Crippen molar-refractivity contribution in [2.45, 2.75) is 0 Å². The van der Waals surface area contributed by atoms with E-state index in [4.69, 9.17) is 16.0 Å². The monoisotopic (exact) mass is 447 g/mol. The summed E-state index contributed by atoms with van der Waals surface area (Å²) in [6.07, 6.45) is 6.09. The van der Waals surface area contributed by atoms with Crippen LogP contribution in [0.5, 0.6) is 0 Å². The number of nitrogens with zero attached hydrogens (tertiary/aromatic N) is 3. The van der Waals surface area contributed by atoms with E-state index in [-0.39, 0.29) is 0 Å². The lowest BCUT2D eigenvalue weighted by Crippen LogP contribution is -1.85. The van der Waals surface area contributed by atoms with Gasteiger partial charge in [-0.25, -0.2) is 9.50 Å². The molecule has 158 valence electrons. The summed E-state index contributed by atoms with van der Waals surface area (Å²) in [5.41, 5.74) is 5.92. The Balaban J connectivity index is 1.19. The first-order valence-electron chi connectivity index (χ1n) is 10.6. The molecule has 0 spiro atoms. The summed E-state index contributed by atoms with van der Waals surface area (Å²) in [4.78, 5) is 4.58. The minimum absolute atomic E-state index is 0.706. The van der Waals surface area contributed by atoms with E-state index >= 15 is 0 Å². The second-order valence-electron chi connectivity index (χ2n) is 7.81. The van der Waals surface area contributed by atoms with Crippen molar-refractivity contribution in [2.24, 2.45) is 0 Å².